The van der Waals surface area contributed by atoms with Crippen molar-refractivity contribution in [1.29, 1.82) is 0 Å². The van der Waals surface area contributed by atoms with Crippen LogP contribution >= 0.6 is 0 Å². The highest BCUT2D eigenvalue weighted by atomic mass is 16.5. The summed E-state index contributed by atoms with van der Waals surface area (Å²) in [7, 11) is 0. The highest BCUT2D eigenvalue weighted by Crippen LogP contribution is 2.07. The average Bonchev–Trinajstić information content (AvgIpc) is 2.66. The molecular formula is C21H44N4O2. The summed E-state index contributed by atoms with van der Waals surface area (Å²) in [6.45, 7) is 14.4. The lowest BCUT2D eigenvalue weighted by molar-refractivity contribution is 0.137. The molecule has 6 N–H and O–H groups in total. The van der Waals surface area contributed by atoms with Crippen molar-refractivity contribution in [3.63, 3.8) is 0 Å². The summed E-state index contributed by atoms with van der Waals surface area (Å²) < 4.78 is 10.7. The zero-order chi connectivity index (χ0) is 20.0. The monoisotopic (exact) mass is 384 g/mol. The number of hydrogen-bond donors (Lipinski definition) is 4. The average molecular weight is 385 g/mol. The van der Waals surface area contributed by atoms with Crippen molar-refractivity contribution in [3.8, 4) is 0 Å². The predicted molar refractivity (Wildman–Crippen MR) is 116 cm³/mol. The van der Waals surface area contributed by atoms with Gasteiger partial charge < -0.3 is 31.6 Å². The third-order valence-electron chi connectivity index (χ3n) is 4.16. The molecule has 6 nitrogen and oxygen atoms in total. The first-order chi connectivity index (χ1) is 13.2. The smallest absolute Gasteiger partial charge is 0.0588 e. The summed E-state index contributed by atoms with van der Waals surface area (Å²) in [5, 5.41) is 6.83. The van der Waals surface area contributed by atoms with Gasteiger partial charge in [0.15, 0.2) is 0 Å². The topological polar surface area (TPSA) is 94.6 Å². The van der Waals surface area contributed by atoms with Gasteiger partial charge >= 0.3 is 0 Å². The van der Waals surface area contributed by atoms with Crippen molar-refractivity contribution in [1.82, 2.24) is 10.6 Å². The van der Waals surface area contributed by atoms with Crippen molar-refractivity contribution in [2.45, 2.75) is 57.8 Å². The van der Waals surface area contributed by atoms with Gasteiger partial charge in [0.05, 0.1) is 13.2 Å². The highest BCUT2D eigenvalue weighted by Gasteiger charge is 1.98. The summed E-state index contributed by atoms with van der Waals surface area (Å²) in [6.07, 6.45) is 9.92. The van der Waals surface area contributed by atoms with Crippen LogP contribution < -0.4 is 22.1 Å². The van der Waals surface area contributed by atoms with Gasteiger partial charge in [-0.05, 0) is 57.8 Å². The Morgan fingerprint density at radius 3 is 1.44 bits per heavy atom. The molecule has 0 saturated heterocycles. The van der Waals surface area contributed by atoms with E-state index in [9.17, 15) is 0 Å². The first kappa shape index (κ1) is 25.9. The standard InChI is InChI=1S/C21H44N4O2/c1-20(24-14-5-3-7-16-26-18-12-22)10-9-11-21(2)25-15-6-4-8-17-27-19-13-23/h24-25H,1-19,22-23H2. The zero-order valence-corrected chi connectivity index (χ0v) is 17.4. The van der Waals surface area contributed by atoms with Crippen LogP contribution in [0.25, 0.3) is 0 Å². The summed E-state index contributed by atoms with van der Waals surface area (Å²) in [4.78, 5) is 0. The minimum absolute atomic E-state index is 0.606. The number of nitrogens with one attached hydrogen (secondary N) is 2. The third kappa shape index (κ3) is 21.1. The Kier molecular flexibility index (Phi) is 20.4. The largest absolute Gasteiger partial charge is 0.389 e. The molecule has 0 radical (unpaired) electrons. The minimum Gasteiger partial charge on any atom is -0.389 e. The van der Waals surface area contributed by atoms with E-state index < -0.39 is 0 Å². The van der Waals surface area contributed by atoms with Crippen molar-refractivity contribution in [2.24, 2.45) is 11.5 Å². The maximum atomic E-state index is 5.38. The summed E-state index contributed by atoms with van der Waals surface area (Å²) in [6, 6.07) is 0. The normalized spacial score (nSPS) is 10.7. The van der Waals surface area contributed by atoms with Crippen molar-refractivity contribution < 1.29 is 9.47 Å². The molecule has 0 atom stereocenters. The van der Waals surface area contributed by atoms with E-state index in [1.54, 1.807) is 0 Å². The molecule has 0 fully saturated rings. The number of allylic oxidation sites excluding steroid dienone is 2. The van der Waals surface area contributed by atoms with E-state index in [1.165, 1.54) is 12.8 Å². The highest BCUT2D eigenvalue weighted by molar-refractivity contribution is 4.95. The van der Waals surface area contributed by atoms with Crippen LogP contribution in [-0.2, 0) is 9.47 Å². The van der Waals surface area contributed by atoms with Crippen molar-refractivity contribution in [2.75, 3.05) is 52.6 Å². The van der Waals surface area contributed by atoms with Gasteiger partial charge in [0, 0.05) is 50.8 Å². The lowest BCUT2D eigenvalue weighted by atomic mass is 10.1. The van der Waals surface area contributed by atoms with Gasteiger partial charge in [-0.1, -0.05) is 13.2 Å². The fourth-order valence-electron chi connectivity index (χ4n) is 2.60. The Hall–Kier alpha value is -1.08. The maximum Gasteiger partial charge on any atom is 0.0588 e. The Bertz CT molecular complexity index is 319. The van der Waals surface area contributed by atoms with Gasteiger partial charge in [-0.2, -0.15) is 0 Å². The molecule has 27 heavy (non-hydrogen) atoms. The van der Waals surface area contributed by atoms with E-state index in [-0.39, 0.29) is 0 Å². The van der Waals surface area contributed by atoms with Gasteiger partial charge in [0.25, 0.3) is 0 Å². The molecule has 0 aliphatic heterocycles. The molecule has 0 heterocycles. The van der Waals surface area contributed by atoms with Gasteiger partial charge in [-0.25, -0.2) is 0 Å². The van der Waals surface area contributed by atoms with Gasteiger partial charge in [0.2, 0.25) is 0 Å². The minimum atomic E-state index is 0.606. The van der Waals surface area contributed by atoms with Crippen LogP contribution in [0.3, 0.4) is 0 Å². The number of ether oxygens (including phenoxy) is 2. The first-order valence-corrected chi connectivity index (χ1v) is 10.6. The summed E-state index contributed by atoms with van der Waals surface area (Å²) in [5.41, 5.74) is 13.0. The Morgan fingerprint density at radius 1 is 0.593 bits per heavy atom. The maximum absolute atomic E-state index is 5.38. The molecular weight excluding hydrogens is 340 g/mol. The van der Waals surface area contributed by atoms with Crippen LogP contribution in [-0.4, -0.2) is 52.6 Å². The Labute approximate surface area is 167 Å². The van der Waals surface area contributed by atoms with Crippen molar-refractivity contribution >= 4 is 0 Å². The van der Waals surface area contributed by atoms with E-state index in [2.05, 4.69) is 23.8 Å². The third-order valence-corrected chi connectivity index (χ3v) is 4.16. The van der Waals surface area contributed by atoms with Crippen LogP contribution in [0.2, 0.25) is 0 Å². The summed E-state index contributed by atoms with van der Waals surface area (Å²) in [5.74, 6) is 0. The molecule has 0 aromatic rings. The fraction of sp³-hybridized carbons (Fsp3) is 0.810. The van der Waals surface area contributed by atoms with Crippen LogP contribution in [0.4, 0.5) is 0 Å². The SMILES string of the molecule is C=C(CCCC(=C)NCCCCCOCCN)NCCCCCOCCN. The molecule has 0 aliphatic rings. The number of rotatable bonds is 22. The van der Waals surface area contributed by atoms with E-state index in [0.717, 1.165) is 82.6 Å². The van der Waals surface area contributed by atoms with E-state index in [4.69, 9.17) is 20.9 Å². The number of hydrogen-bond acceptors (Lipinski definition) is 6. The molecule has 0 unspecified atom stereocenters. The lowest BCUT2D eigenvalue weighted by Crippen LogP contribution is -2.16. The van der Waals surface area contributed by atoms with Gasteiger partial charge in [-0.15, -0.1) is 0 Å². The first-order valence-electron chi connectivity index (χ1n) is 10.6. The van der Waals surface area contributed by atoms with Crippen LogP contribution in [0.5, 0.6) is 0 Å². The molecule has 160 valence electrons. The Morgan fingerprint density at radius 2 is 1.04 bits per heavy atom. The molecule has 6 heteroatoms. The Balaban J connectivity index is 3.31. The molecule has 0 rings (SSSR count). The molecule has 0 amide bonds. The molecule has 0 bridgehead atoms. The van der Waals surface area contributed by atoms with E-state index >= 15 is 0 Å². The molecule has 0 aromatic heterocycles. The van der Waals surface area contributed by atoms with Crippen LogP contribution in [0.1, 0.15) is 57.8 Å². The molecule has 0 saturated carbocycles. The molecule has 0 aliphatic carbocycles. The van der Waals surface area contributed by atoms with Crippen LogP contribution in [0.15, 0.2) is 24.6 Å². The van der Waals surface area contributed by atoms with E-state index in [0.29, 0.717) is 26.3 Å². The fourth-order valence-corrected chi connectivity index (χ4v) is 2.60. The number of unbranched alkanes of at least 4 members (excludes halogenated alkanes) is 4. The lowest BCUT2D eigenvalue weighted by Gasteiger charge is -2.12. The van der Waals surface area contributed by atoms with Crippen molar-refractivity contribution in [3.05, 3.63) is 24.6 Å². The molecule has 0 aromatic carbocycles. The second-order valence-corrected chi connectivity index (χ2v) is 6.84. The number of nitrogens with two attached hydrogens (primary N) is 2. The van der Waals surface area contributed by atoms with Crippen LogP contribution in [0, 0.1) is 0 Å². The van der Waals surface area contributed by atoms with Gasteiger partial charge in [-0.3, -0.25) is 0 Å². The zero-order valence-electron chi connectivity index (χ0n) is 17.4. The summed E-state index contributed by atoms with van der Waals surface area (Å²) >= 11 is 0. The molecule has 0 spiro atoms. The second kappa shape index (κ2) is 21.2. The second-order valence-electron chi connectivity index (χ2n) is 6.84. The predicted octanol–water partition coefficient (Wildman–Crippen LogP) is 2.65. The van der Waals surface area contributed by atoms with Gasteiger partial charge in [0.1, 0.15) is 0 Å². The van der Waals surface area contributed by atoms with E-state index in [1.807, 2.05) is 0 Å². The quantitative estimate of drug-likeness (QED) is 0.214.